The molecule has 1 aliphatic heterocycles. The van der Waals surface area contributed by atoms with E-state index >= 15 is 0 Å². The normalized spacial score (nSPS) is 14.5. The third kappa shape index (κ3) is 2.90. The Labute approximate surface area is 110 Å². The predicted octanol–water partition coefficient (Wildman–Crippen LogP) is 0.488. The molecule has 0 saturated carbocycles. The summed E-state index contributed by atoms with van der Waals surface area (Å²) < 4.78 is 0. The third-order valence-electron chi connectivity index (χ3n) is 2.83. The zero-order valence-corrected chi connectivity index (χ0v) is 10.6. The van der Waals surface area contributed by atoms with Crippen LogP contribution in [0.1, 0.15) is 22.8 Å². The van der Waals surface area contributed by atoms with Gasteiger partial charge in [0, 0.05) is 12.1 Å². The number of nitrogens with zero attached hydrogens (tertiary/aromatic N) is 1. The molecule has 0 aliphatic carbocycles. The van der Waals surface area contributed by atoms with Crippen LogP contribution in [-0.2, 0) is 11.3 Å². The molecule has 0 atom stereocenters. The average Bonchev–Trinajstić information content (AvgIpc) is 2.72. The van der Waals surface area contributed by atoms with Gasteiger partial charge in [-0.3, -0.25) is 14.5 Å². The lowest BCUT2D eigenvalue weighted by Crippen LogP contribution is -2.30. The highest BCUT2D eigenvalue weighted by Gasteiger charge is 2.28. The van der Waals surface area contributed by atoms with Gasteiger partial charge in [0.15, 0.2) is 0 Å². The highest BCUT2D eigenvalue weighted by Crippen LogP contribution is 2.10. The monoisotopic (exact) mass is 261 g/mol. The second-order valence-electron chi connectivity index (χ2n) is 4.19. The van der Waals surface area contributed by atoms with E-state index in [-0.39, 0.29) is 30.9 Å². The lowest BCUT2D eigenvalue weighted by molar-refractivity contribution is -0.125. The van der Waals surface area contributed by atoms with Crippen LogP contribution in [0.3, 0.4) is 0 Å². The zero-order chi connectivity index (χ0) is 13.8. The number of carbonyl (C=O) groups is 3. The van der Waals surface area contributed by atoms with Crippen molar-refractivity contribution in [3.63, 3.8) is 0 Å². The molecule has 0 unspecified atom stereocenters. The molecule has 2 rings (SSSR count). The first-order valence-corrected chi connectivity index (χ1v) is 6.07. The van der Waals surface area contributed by atoms with Crippen molar-refractivity contribution in [3.8, 4) is 0 Å². The van der Waals surface area contributed by atoms with E-state index in [4.69, 9.17) is 0 Å². The minimum absolute atomic E-state index is 0.0514. The summed E-state index contributed by atoms with van der Waals surface area (Å²) in [5.74, 6) is -0.373. The Morgan fingerprint density at radius 3 is 2.53 bits per heavy atom. The summed E-state index contributed by atoms with van der Waals surface area (Å²) in [6, 6.07) is 6.46. The Bertz CT molecular complexity index is 494. The van der Waals surface area contributed by atoms with Crippen LogP contribution in [0.2, 0.25) is 0 Å². The van der Waals surface area contributed by atoms with E-state index in [0.29, 0.717) is 12.1 Å². The second-order valence-corrected chi connectivity index (χ2v) is 4.19. The minimum atomic E-state index is -0.377. The molecule has 0 radical (unpaired) electrons. The molecule has 1 fully saturated rings. The summed E-state index contributed by atoms with van der Waals surface area (Å²) in [7, 11) is 0. The summed E-state index contributed by atoms with van der Waals surface area (Å²) in [5.41, 5.74) is 1.36. The van der Waals surface area contributed by atoms with E-state index in [9.17, 15) is 14.4 Å². The van der Waals surface area contributed by atoms with Crippen LogP contribution in [-0.4, -0.2) is 35.8 Å². The molecule has 2 N–H and O–H groups in total. The number of hydrogen-bond donors (Lipinski definition) is 2. The Morgan fingerprint density at radius 2 is 2.00 bits per heavy atom. The van der Waals surface area contributed by atoms with Gasteiger partial charge in [0.2, 0.25) is 5.91 Å². The Kier molecular flexibility index (Phi) is 3.79. The van der Waals surface area contributed by atoms with Gasteiger partial charge in [-0.1, -0.05) is 12.1 Å². The summed E-state index contributed by atoms with van der Waals surface area (Å²) in [6.45, 7) is 2.70. The van der Waals surface area contributed by atoms with Crippen LogP contribution in [0, 0.1) is 0 Å². The molecular weight excluding hydrogens is 246 g/mol. The lowest BCUT2D eigenvalue weighted by atomic mass is 10.1. The van der Waals surface area contributed by atoms with Crippen molar-refractivity contribution in [3.05, 3.63) is 35.4 Å². The second kappa shape index (κ2) is 5.51. The van der Waals surface area contributed by atoms with Gasteiger partial charge in [-0.15, -0.1) is 0 Å². The molecule has 6 nitrogen and oxygen atoms in total. The van der Waals surface area contributed by atoms with Crippen LogP contribution in [0.5, 0.6) is 0 Å². The maximum atomic E-state index is 11.6. The lowest BCUT2D eigenvalue weighted by Gasteiger charge is -2.12. The molecule has 0 aromatic heterocycles. The molecule has 0 spiro atoms. The van der Waals surface area contributed by atoms with Gasteiger partial charge >= 0.3 is 6.03 Å². The number of benzene rings is 1. The SMILES string of the molecule is CCNC(=O)c1ccc(CN2C(=O)CNC2=O)cc1. The minimum Gasteiger partial charge on any atom is -0.352 e. The zero-order valence-electron chi connectivity index (χ0n) is 10.6. The van der Waals surface area contributed by atoms with Crippen LogP contribution in [0.4, 0.5) is 4.79 Å². The molecule has 19 heavy (non-hydrogen) atoms. The number of nitrogens with one attached hydrogen (secondary N) is 2. The van der Waals surface area contributed by atoms with Gasteiger partial charge in [0.1, 0.15) is 0 Å². The number of amides is 4. The van der Waals surface area contributed by atoms with Gasteiger partial charge in [-0.25, -0.2) is 4.79 Å². The number of hydrogen-bond acceptors (Lipinski definition) is 3. The molecule has 1 aromatic rings. The molecular formula is C13H15N3O3. The highest BCUT2D eigenvalue weighted by atomic mass is 16.2. The first-order valence-electron chi connectivity index (χ1n) is 6.07. The highest BCUT2D eigenvalue weighted by molar-refractivity contribution is 6.01. The largest absolute Gasteiger partial charge is 0.352 e. The maximum absolute atomic E-state index is 11.6. The van der Waals surface area contributed by atoms with E-state index in [2.05, 4.69) is 10.6 Å². The summed E-state index contributed by atoms with van der Waals surface area (Å²) in [4.78, 5) is 35.5. The topological polar surface area (TPSA) is 78.5 Å². The summed E-state index contributed by atoms with van der Waals surface area (Å²) in [6.07, 6.45) is 0. The first-order chi connectivity index (χ1) is 9.11. The van der Waals surface area contributed by atoms with Crippen LogP contribution >= 0.6 is 0 Å². The standard InChI is InChI=1S/C13H15N3O3/c1-2-14-12(18)10-5-3-9(4-6-10)8-16-11(17)7-15-13(16)19/h3-6H,2,7-8H2,1H3,(H,14,18)(H,15,19). The smallest absolute Gasteiger partial charge is 0.324 e. The number of carbonyl (C=O) groups excluding carboxylic acids is 3. The Hall–Kier alpha value is -2.37. The molecule has 1 aliphatic rings. The van der Waals surface area contributed by atoms with Crippen molar-refractivity contribution in [1.29, 1.82) is 0 Å². The fourth-order valence-corrected chi connectivity index (χ4v) is 1.82. The molecule has 100 valence electrons. The fourth-order valence-electron chi connectivity index (χ4n) is 1.82. The average molecular weight is 261 g/mol. The van der Waals surface area contributed by atoms with Crippen molar-refractivity contribution in [2.24, 2.45) is 0 Å². The third-order valence-corrected chi connectivity index (χ3v) is 2.83. The van der Waals surface area contributed by atoms with E-state index in [1.165, 1.54) is 0 Å². The predicted molar refractivity (Wildman–Crippen MR) is 68.4 cm³/mol. The number of imide groups is 1. The van der Waals surface area contributed by atoms with Crippen molar-refractivity contribution in [2.45, 2.75) is 13.5 Å². The van der Waals surface area contributed by atoms with E-state index in [1.807, 2.05) is 6.92 Å². The van der Waals surface area contributed by atoms with E-state index in [0.717, 1.165) is 10.5 Å². The molecule has 6 heteroatoms. The summed E-state index contributed by atoms with van der Waals surface area (Å²) >= 11 is 0. The first kappa shape index (κ1) is 13.1. The van der Waals surface area contributed by atoms with Crippen LogP contribution < -0.4 is 10.6 Å². The number of rotatable bonds is 4. The van der Waals surface area contributed by atoms with Crippen molar-refractivity contribution in [1.82, 2.24) is 15.5 Å². The van der Waals surface area contributed by atoms with Crippen LogP contribution in [0.15, 0.2) is 24.3 Å². The van der Waals surface area contributed by atoms with Gasteiger partial charge < -0.3 is 10.6 Å². The van der Waals surface area contributed by atoms with Crippen molar-refractivity contribution in [2.75, 3.05) is 13.1 Å². The van der Waals surface area contributed by atoms with E-state index in [1.54, 1.807) is 24.3 Å². The Morgan fingerprint density at radius 1 is 1.32 bits per heavy atom. The van der Waals surface area contributed by atoms with Gasteiger partial charge in [-0.2, -0.15) is 0 Å². The number of urea groups is 1. The Balaban J connectivity index is 2.04. The summed E-state index contributed by atoms with van der Waals surface area (Å²) in [5, 5.41) is 5.16. The maximum Gasteiger partial charge on any atom is 0.324 e. The van der Waals surface area contributed by atoms with Gasteiger partial charge in [0.25, 0.3) is 5.91 Å². The van der Waals surface area contributed by atoms with Gasteiger partial charge in [0.05, 0.1) is 13.1 Å². The fraction of sp³-hybridized carbons (Fsp3) is 0.308. The van der Waals surface area contributed by atoms with Crippen LogP contribution in [0.25, 0.3) is 0 Å². The molecule has 4 amide bonds. The molecule has 0 bridgehead atoms. The molecule has 1 aromatic carbocycles. The van der Waals surface area contributed by atoms with Crippen molar-refractivity contribution >= 4 is 17.8 Å². The quantitative estimate of drug-likeness (QED) is 0.774. The molecule has 1 heterocycles. The molecule has 1 saturated heterocycles. The van der Waals surface area contributed by atoms with Gasteiger partial charge in [-0.05, 0) is 24.6 Å². The van der Waals surface area contributed by atoms with E-state index < -0.39 is 0 Å². The van der Waals surface area contributed by atoms with Crippen molar-refractivity contribution < 1.29 is 14.4 Å².